The van der Waals surface area contributed by atoms with Crippen molar-refractivity contribution >= 4 is 12.0 Å². The van der Waals surface area contributed by atoms with Crippen LogP contribution in [-0.2, 0) is 14.2 Å². The summed E-state index contributed by atoms with van der Waals surface area (Å²) in [5.41, 5.74) is 1.29. The summed E-state index contributed by atoms with van der Waals surface area (Å²) in [5.74, 6) is 0.0876. The first kappa shape index (κ1) is 21.1. The van der Waals surface area contributed by atoms with Crippen molar-refractivity contribution in [1.29, 1.82) is 0 Å². The van der Waals surface area contributed by atoms with Crippen molar-refractivity contribution in [2.24, 2.45) is 0 Å². The van der Waals surface area contributed by atoms with Crippen LogP contribution in [-0.4, -0.2) is 59.7 Å². The number of carbonyl (C=O) groups excluding carboxylic acids is 1. The minimum atomic E-state index is -0.449. The first-order valence-electron chi connectivity index (χ1n) is 11.2. The van der Waals surface area contributed by atoms with Crippen molar-refractivity contribution < 1.29 is 23.4 Å². The van der Waals surface area contributed by atoms with E-state index in [-0.39, 0.29) is 36.7 Å². The Balaban J connectivity index is 1.18. The highest BCUT2D eigenvalue weighted by Gasteiger charge is 2.49. The van der Waals surface area contributed by atoms with Gasteiger partial charge in [0.25, 0.3) is 0 Å². The number of fused-ring (bicyclic) bond motifs is 1. The summed E-state index contributed by atoms with van der Waals surface area (Å²) in [5, 5.41) is 6.22. The lowest BCUT2D eigenvalue weighted by atomic mass is 9.96. The van der Waals surface area contributed by atoms with E-state index in [4.69, 9.17) is 14.2 Å². The Labute approximate surface area is 185 Å². The second-order valence-corrected chi connectivity index (χ2v) is 8.55. The second kappa shape index (κ2) is 9.38. The lowest BCUT2D eigenvalue weighted by Gasteiger charge is -2.24. The highest BCUT2D eigenvalue weighted by molar-refractivity contribution is 5.68. The molecule has 2 aliphatic heterocycles. The van der Waals surface area contributed by atoms with Gasteiger partial charge in [-0.05, 0) is 31.0 Å². The molecule has 2 N–H and O–H groups in total. The molecule has 2 saturated heterocycles. The number of nitrogens with one attached hydrogen (secondary N) is 2. The molecule has 1 aromatic carbocycles. The average molecular weight is 442 g/mol. The number of halogens is 1. The van der Waals surface area contributed by atoms with Crippen LogP contribution in [0.3, 0.4) is 0 Å². The Kier molecular flexibility index (Phi) is 6.18. The molecule has 5 rings (SSSR count). The van der Waals surface area contributed by atoms with Crippen molar-refractivity contribution in [3.05, 3.63) is 42.3 Å². The van der Waals surface area contributed by atoms with Gasteiger partial charge < -0.3 is 24.8 Å². The molecule has 170 valence electrons. The van der Waals surface area contributed by atoms with Crippen molar-refractivity contribution in [2.75, 3.05) is 18.5 Å². The molecule has 3 aliphatic rings. The van der Waals surface area contributed by atoms with E-state index in [1.807, 2.05) is 0 Å². The van der Waals surface area contributed by atoms with E-state index in [2.05, 4.69) is 20.6 Å². The fourth-order valence-corrected chi connectivity index (χ4v) is 4.68. The van der Waals surface area contributed by atoms with Gasteiger partial charge in [-0.3, -0.25) is 0 Å². The molecule has 0 bridgehead atoms. The number of hydrogen-bond donors (Lipinski definition) is 2. The highest BCUT2D eigenvalue weighted by atomic mass is 19.1. The highest BCUT2D eigenvalue weighted by Crippen LogP contribution is 2.31. The zero-order chi connectivity index (χ0) is 21.9. The van der Waals surface area contributed by atoms with Gasteiger partial charge in [-0.15, -0.1) is 0 Å². The summed E-state index contributed by atoms with van der Waals surface area (Å²) < 4.78 is 31.0. The maximum atomic E-state index is 13.6. The summed E-state index contributed by atoms with van der Waals surface area (Å²) in [4.78, 5) is 21.1. The van der Waals surface area contributed by atoms with Gasteiger partial charge in [0.15, 0.2) is 6.10 Å². The quantitative estimate of drug-likeness (QED) is 0.734. The lowest BCUT2D eigenvalue weighted by molar-refractivity contribution is 0.00314. The van der Waals surface area contributed by atoms with E-state index in [0.717, 1.165) is 25.7 Å². The predicted molar refractivity (Wildman–Crippen MR) is 115 cm³/mol. The van der Waals surface area contributed by atoms with E-state index < -0.39 is 12.2 Å². The molecule has 1 amide bonds. The van der Waals surface area contributed by atoms with Gasteiger partial charge in [-0.2, -0.15) is 0 Å². The number of nitrogens with zero attached hydrogens (tertiary/aromatic N) is 2. The van der Waals surface area contributed by atoms with Crippen molar-refractivity contribution in [1.82, 2.24) is 15.3 Å². The Morgan fingerprint density at radius 1 is 1.09 bits per heavy atom. The number of anilines is 1. The number of benzene rings is 1. The third-order valence-electron chi connectivity index (χ3n) is 6.28. The van der Waals surface area contributed by atoms with Crippen LogP contribution in [0.2, 0.25) is 0 Å². The van der Waals surface area contributed by atoms with Gasteiger partial charge in [0, 0.05) is 17.8 Å². The Morgan fingerprint density at radius 3 is 2.78 bits per heavy atom. The zero-order valence-electron chi connectivity index (χ0n) is 17.7. The zero-order valence-corrected chi connectivity index (χ0v) is 17.7. The molecule has 1 aromatic heterocycles. The Hall–Kier alpha value is -2.78. The standard InChI is InChI=1S/C23H27FN4O4/c24-15-6-4-5-14(11-15)17-9-10-25-22(27-17)28-18-12-30-21-19(13-31-20(18)21)32-23(29)26-16-7-2-1-3-8-16/h4-6,9-11,16,18-21H,1-3,7-8,12-13H2,(H,26,29)(H,25,27,28). The van der Waals surface area contributed by atoms with Crippen LogP contribution in [0.15, 0.2) is 36.5 Å². The average Bonchev–Trinajstić information content (AvgIpc) is 3.38. The largest absolute Gasteiger partial charge is 0.441 e. The van der Waals surface area contributed by atoms with Crippen LogP contribution < -0.4 is 10.6 Å². The number of carbonyl (C=O) groups is 1. The topological polar surface area (TPSA) is 94.6 Å². The van der Waals surface area contributed by atoms with Crippen LogP contribution in [0, 0.1) is 5.82 Å². The molecule has 2 aromatic rings. The molecule has 32 heavy (non-hydrogen) atoms. The first-order chi connectivity index (χ1) is 15.7. The fourth-order valence-electron chi connectivity index (χ4n) is 4.68. The van der Waals surface area contributed by atoms with Gasteiger partial charge >= 0.3 is 6.09 Å². The Bertz CT molecular complexity index is 955. The van der Waals surface area contributed by atoms with Gasteiger partial charge in [0.2, 0.25) is 5.95 Å². The maximum absolute atomic E-state index is 13.6. The summed E-state index contributed by atoms with van der Waals surface area (Å²) in [6, 6.07) is 8.01. The van der Waals surface area contributed by atoms with Gasteiger partial charge in [-0.25, -0.2) is 19.2 Å². The number of aromatic nitrogens is 2. The van der Waals surface area contributed by atoms with Crippen LogP contribution in [0.5, 0.6) is 0 Å². The van der Waals surface area contributed by atoms with E-state index in [1.54, 1.807) is 24.4 Å². The first-order valence-corrected chi connectivity index (χ1v) is 11.2. The molecule has 3 fully saturated rings. The van der Waals surface area contributed by atoms with E-state index in [9.17, 15) is 9.18 Å². The van der Waals surface area contributed by atoms with Crippen LogP contribution in [0.1, 0.15) is 32.1 Å². The van der Waals surface area contributed by atoms with E-state index in [0.29, 0.717) is 23.8 Å². The lowest BCUT2D eigenvalue weighted by Crippen LogP contribution is -2.42. The Morgan fingerprint density at radius 2 is 1.94 bits per heavy atom. The molecule has 4 unspecified atom stereocenters. The molecular formula is C23H27FN4O4. The monoisotopic (exact) mass is 442 g/mol. The van der Waals surface area contributed by atoms with Gasteiger partial charge in [0.1, 0.15) is 18.0 Å². The SMILES string of the molecule is O=C(NC1CCCCC1)OC1COC2C(Nc3nccc(-c4cccc(F)c4)n3)COC12. The number of rotatable bonds is 5. The molecule has 0 radical (unpaired) electrons. The van der Waals surface area contributed by atoms with Gasteiger partial charge in [-0.1, -0.05) is 31.4 Å². The van der Waals surface area contributed by atoms with Crippen LogP contribution >= 0.6 is 0 Å². The predicted octanol–water partition coefficient (Wildman–Crippen LogP) is 3.29. The number of alkyl carbamates (subject to hydrolysis) is 1. The third-order valence-corrected chi connectivity index (χ3v) is 6.28. The van der Waals surface area contributed by atoms with Crippen molar-refractivity contribution in [3.63, 3.8) is 0 Å². The molecule has 4 atom stereocenters. The normalized spacial score (nSPS) is 27.7. The molecule has 3 heterocycles. The van der Waals surface area contributed by atoms with Crippen LogP contribution in [0.25, 0.3) is 11.3 Å². The summed E-state index contributed by atoms with van der Waals surface area (Å²) in [7, 11) is 0. The number of ether oxygens (including phenoxy) is 3. The van der Waals surface area contributed by atoms with Crippen molar-refractivity contribution in [2.45, 2.75) is 62.5 Å². The van der Waals surface area contributed by atoms with E-state index >= 15 is 0 Å². The number of amides is 1. The summed E-state index contributed by atoms with van der Waals surface area (Å²) >= 11 is 0. The third kappa shape index (κ3) is 4.68. The molecule has 1 aliphatic carbocycles. The number of hydrogen-bond acceptors (Lipinski definition) is 7. The fraction of sp³-hybridized carbons (Fsp3) is 0.522. The molecular weight excluding hydrogens is 415 g/mol. The maximum Gasteiger partial charge on any atom is 0.407 e. The summed E-state index contributed by atoms with van der Waals surface area (Å²) in [6.07, 6.45) is 5.67. The minimum Gasteiger partial charge on any atom is -0.441 e. The molecule has 1 saturated carbocycles. The van der Waals surface area contributed by atoms with Gasteiger partial charge in [0.05, 0.1) is 24.9 Å². The smallest absolute Gasteiger partial charge is 0.407 e. The molecule has 8 nitrogen and oxygen atoms in total. The van der Waals surface area contributed by atoms with Crippen molar-refractivity contribution in [3.8, 4) is 11.3 Å². The minimum absolute atomic E-state index is 0.183. The van der Waals surface area contributed by atoms with E-state index in [1.165, 1.54) is 18.6 Å². The molecule has 0 spiro atoms. The van der Waals surface area contributed by atoms with Crippen LogP contribution in [0.4, 0.5) is 15.1 Å². The summed E-state index contributed by atoms with van der Waals surface area (Å²) in [6.45, 7) is 0.669. The molecule has 9 heteroatoms. The second-order valence-electron chi connectivity index (χ2n) is 8.55.